The summed E-state index contributed by atoms with van der Waals surface area (Å²) in [7, 11) is 0. The second-order valence-electron chi connectivity index (χ2n) is 7.72. The van der Waals surface area contributed by atoms with Gasteiger partial charge in [-0.2, -0.15) is 0 Å². The first-order valence-electron chi connectivity index (χ1n) is 10.3. The quantitative estimate of drug-likeness (QED) is 0.582. The molecule has 160 valence electrons. The average Bonchev–Trinajstić information content (AvgIpc) is 2.75. The van der Waals surface area contributed by atoms with Crippen LogP contribution in [0, 0.1) is 15.9 Å². The minimum absolute atomic E-state index is 0.0995. The molecule has 2 saturated heterocycles. The van der Waals surface area contributed by atoms with Crippen molar-refractivity contribution >= 4 is 28.7 Å². The zero-order valence-corrected chi connectivity index (χ0v) is 17.0. The Balaban J connectivity index is 1.59. The van der Waals surface area contributed by atoms with Crippen LogP contribution in [0.2, 0.25) is 0 Å². The van der Waals surface area contributed by atoms with Crippen molar-refractivity contribution in [2.75, 3.05) is 48.0 Å². The number of anilines is 4. The second kappa shape index (κ2) is 8.83. The van der Waals surface area contributed by atoms with E-state index in [2.05, 4.69) is 22.1 Å². The molecule has 9 heteroatoms. The SMILES string of the molecule is CC1CCCCN1c1ccc(Nc2nc(N3CCOCC3)ccc2[N+](=O)[O-])cc1F. The van der Waals surface area contributed by atoms with Crippen molar-refractivity contribution < 1.29 is 14.1 Å². The maximum Gasteiger partial charge on any atom is 0.311 e. The zero-order chi connectivity index (χ0) is 21.1. The number of nitro groups is 1. The van der Waals surface area contributed by atoms with Crippen molar-refractivity contribution in [1.29, 1.82) is 0 Å². The molecule has 0 amide bonds. The molecule has 2 aliphatic heterocycles. The second-order valence-corrected chi connectivity index (χ2v) is 7.72. The van der Waals surface area contributed by atoms with Crippen molar-refractivity contribution in [2.24, 2.45) is 0 Å². The largest absolute Gasteiger partial charge is 0.378 e. The van der Waals surface area contributed by atoms with Gasteiger partial charge < -0.3 is 19.9 Å². The monoisotopic (exact) mass is 415 g/mol. The van der Waals surface area contributed by atoms with Gasteiger partial charge in [-0.05, 0) is 50.5 Å². The van der Waals surface area contributed by atoms with E-state index in [0.717, 1.165) is 25.8 Å². The average molecular weight is 415 g/mol. The standard InChI is InChI=1S/C21H26FN5O3/c1-15-4-2-3-9-26(15)18-6-5-16(14-17(18)22)23-21-19(27(28)29)7-8-20(24-21)25-10-12-30-13-11-25/h5-8,14-15H,2-4,9-13H2,1H3,(H,23,24). The summed E-state index contributed by atoms with van der Waals surface area (Å²) in [6, 6.07) is 8.21. The molecule has 1 N–H and O–H groups in total. The van der Waals surface area contributed by atoms with Crippen LogP contribution in [-0.4, -0.2) is 48.8 Å². The summed E-state index contributed by atoms with van der Waals surface area (Å²) >= 11 is 0. The van der Waals surface area contributed by atoms with Crippen molar-refractivity contribution in [3.63, 3.8) is 0 Å². The Morgan fingerprint density at radius 2 is 2.00 bits per heavy atom. The van der Waals surface area contributed by atoms with Crippen LogP contribution in [0.1, 0.15) is 26.2 Å². The molecule has 1 aromatic carbocycles. The lowest BCUT2D eigenvalue weighted by Crippen LogP contribution is -2.37. The molecule has 2 aromatic rings. The van der Waals surface area contributed by atoms with Gasteiger partial charge in [0, 0.05) is 37.4 Å². The highest BCUT2D eigenvalue weighted by molar-refractivity contribution is 5.69. The first-order chi connectivity index (χ1) is 14.5. The van der Waals surface area contributed by atoms with Gasteiger partial charge in [0.15, 0.2) is 0 Å². The van der Waals surface area contributed by atoms with Crippen LogP contribution in [0.5, 0.6) is 0 Å². The van der Waals surface area contributed by atoms with Gasteiger partial charge in [0.2, 0.25) is 5.82 Å². The number of pyridine rings is 1. The lowest BCUT2D eigenvalue weighted by atomic mass is 10.0. The molecule has 1 unspecified atom stereocenters. The van der Waals surface area contributed by atoms with E-state index in [-0.39, 0.29) is 17.3 Å². The number of nitrogens with one attached hydrogen (secondary N) is 1. The number of benzene rings is 1. The summed E-state index contributed by atoms with van der Waals surface area (Å²) in [5.41, 5.74) is 0.842. The minimum atomic E-state index is -0.488. The third-order valence-electron chi connectivity index (χ3n) is 5.71. The van der Waals surface area contributed by atoms with Gasteiger partial charge in [-0.15, -0.1) is 0 Å². The number of hydrogen-bond acceptors (Lipinski definition) is 7. The van der Waals surface area contributed by atoms with Gasteiger partial charge in [0.05, 0.1) is 23.8 Å². The predicted molar refractivity (Wildman–Crippen MR) is 114 cm³/mol. The maximum atomic E-state index is 14.9. The number of nitrogens with zero attached hydrogens (tertiary/aromatic N) is 4. The number of hydrogen-bond donors (Lipinski definition) is 1. The van der Waals surface area contributed by atoms with Crippen molar-refractivity contribution in [3.05, 3.63) is 46.3 Å². The molecule has 0 aliphatic carbocycles. The Bertz CT molecular complexity index is 920. The molecule has 0 bridgehead atoms. The van der Waals surface area contributed by atoms with E-state index < -0.39 is 4.92 Å². The highest BCUT2D eigenvalue weighted by atomic mass is 19.1. The Kier molecular flexibility index (Phi) is 5.98. The van der Waals surface area contributed by atoms with Gasteiger partial charge in [-0.1, -0.05) is 0 Å². The van der Waals surface area contributed by atoms with Crippen LogP contribution in [0.25, 0.3) is 0 Å². The van der Waals surface area contributed by atoms with E-state index in [4.69, 9.17) is 4.74 Å². The third kappa shape index (κ3) is 4.30. The van der Waals surface area contributed by atoms with Crippen LogP contribution < -0.4 is 15.1 Å². The molecule has 8 nitrogen and oxygen atoms in total. The molecule has 0 spiro atoms. The first kappa shape index (κ1) is 20.3. The number of rotatable bonds is 5. The molecular weight excluding hydrogens is 389 g/mol. The molecule has 0 radical (unpaired) electrons. The Morgan fingerprint density at radius 1 is 1.20 bits per heavy atom. The Labute approximate surface area is 174 Å². The highest BCUT2D eigenvalue weighted by Crippen LogP contribution is 2.32. The van der Waals surface area contributed by atoms with E-state index in [1.807, 2.05) is 4.90 Å². The molecule has 3 heterocycles. The van der Waals surface area contributed by atoms with E-state index in [1.165, 1.54) is 12.1 Å². The zero-order valence-electron chi connectivity index (χ0n) is 17.0. The maximum absolute atomic E-state index is 14.9. The Hall–Kier alpha value is -2.94. The lowest BCUT2D eigenvalue weighted by Gasteiger charge is -2.35. The van der Waals surface area contributed by atoms with Crippen molar-refractivity contribution in [1.82, 2.24) is 4.98 Å². The lowest BCUT2D eigenvalue weighted by molar-refractivity contribution is -0.384. The normalized spacial score (nSPS) is 19.6. The van der Waals surface area contributed by atoms with E-state index in [1.54, 1.807) is 18.2 Å². The highest BCUT2D eigenvalue weighted by Gasteiger charge is 2.23. The molecular formula is C21H26FN5O3. The summed E-state index contributed by atoms with van der Waals surface area (Å²) in [5, 5.41) is 14.4. The van der Waals surface area contributed by atoms with Gasteiger partial charge in [-0.3, -0.25) is 10.1 Å². The number of ether oxygens (including phenoxy) is 1. The van der Waals surface area contributed by atoms with E-state index in [0.29, 0.717) is 49.5 Å². The van der Waals surface area contributed by atoms with E-state index >= 15 is 0 Å². The molecule has 30 heavy (non-hydrogen) atoms. The fourth-order valence-corrected chi connectivity index (χ4v) is 4.06. The van der Waals surface area contributed by atoms with Gasteiger partial charge in [-0.25, -0.2) is 9.37 Å². The molecule has 1 aromatic heterocycles. The molecule has 1 atom stereocenters. The van der Waals surface area contributed by atoms with Crippen LogP contribution in [0.4, 0.5) is 33.1 Å². The predicted octanol–water partition coefficient (Wildman–Crippen LogP) is 4.09. The van der Waals surface area contributed by atoms with E-state index in [9.17, 15) is 14.5 Å². The summed E-state index contributed by atoms with van der Waals surface area (Å²) in [4.78, 5) is 19.5. The summed E-state index contributed by atoms with van der Waals surface area (Å²) in [6.45, 7) is 5.45. The van der Waals surface area contributed by atoms with Crippen molar-refractivity contribution in [2.45, 2.75) is 32.2 Å². The topological polar surface area (TPSA) is 83.8 Å². The molecule has 0 saturated carbocycles. The number of morpholine rings is 1. The molecule has 2 aliphatic rings. The van der Waals surface area contributed by atoms with Gasteiger partial charge >= 0.3 is 5.69 Å². The van der Waals surface area contributed by atoms with Gasteiger partial charge in [0.1, 0.15) is 11.6 Å². The summed E-state index contributed by atoms with van der Waals surface area (Å²) in [5.74, 6) is 0.383. The molecule has 4 rings (SSSR count). The van der Waals surface area contributed by atoms with Crippen LogP contribution in [-0.2, 0) is 4.74 Å². The molecule has 2 fully saturated rings. The van der Waals surface area contributed by atoms with Crippen LogP contribution in [0.3, 0.4) is 0 Å². The van der Waals surface area contributed by atoms with Crippen LogP contribution >= 0.6 is 0 Å². The number of aromatic nitrogens is 1. The third-order valence-corrected chi connectivity index (χ3v) is 5.71. The Morgan fingerprint density at radius 3 is 2.70 bits per heavy atom. The fraction of sp³-hybridized carbons (Fsp3) is 0.476. The minimum Gasteiger partial charge on any atom is -0.378 e. The fourth-order valence-electron chi connectivity index (χ4n) is 4.06. The van der Waals surface area contributed by atoms with Crippen molar-refractivity contribution in [3.8, 4) is 0 Å². The van der Waals surface area contributed by atoms with Gasteiger partial charge in [0.25, 0.3) is 0 Å². The van der Waals surface area contributed by atoms with Crippen LogP contribution in [0.15, 0.2) is 30.3 Å². The first-order valence-corrected chi connectivity index (χ1v) is 10.3. The summed E-state index contributed by atoms with van der Waals surface area (Å²) in [6.07, 6.45) is 3.26. The number of halogens is 1. The smallest absolute Gasteiger partial charge is 0.311 e. The summed E-state index contributed by atoms with van der Waals surface area (Å²) < 4.78 is 20.2. The number of piperidine rings is 1.